The lowest BCUT2D eigenvalue weighted by Crippen LogP contribution is -2.67. The van der Waals surface area contributed by atoms with Gasteiger partial charge < -0.3 is 24.3 Å². The van der Waals surface area contributed by atoms with Gasteiger partial charge in [-0.3, -0.25) is 0 Å². The van der Waals surface area contributed by atoms with Crippen LogP contribution >= 0.6 is 0 Å². The average Bonchev–Trinajstić information content (AvgIpc) is 2.95. The minimum Gasteiger partial charge on any atom is -0.412 e. The Bertz CT molecular complexity index is 879. The molecule has 0 aliphatic carbocycles. The van der Waals surface area contributed by atoms with E-state index in [1.54, 1.807) is 0 Å². The van der Waals surface area contributed by atoms with Crippen molar-refractivity contribution in [3.05, 3.63) is 0 Å². The molecule has 8 heteroatoms. The third-order valence-corrected chi connectivity index (χ3v) is 28.5. The summed E-state index contributed by atoms with van der Waals surface area (Å²) in [5.74, 6) is 0. The number of hydrogen-bond donors (Lipinski definition) is 2. The standard InChI is InChI=1S/C37H84N2O3Si3/c1-20-27-37(14,36(13,25-6)41-43(15,16)32(7,8)21-2)45(19,31-26-29-39-30-28-38)42-35(12,24-5)33(9,10)44(17,18)40-34(11,22-3)23-4/h39H,20-31,38H2,1-19H3. The Morgan fingerprint density at radius 1 is 0.600 bits per heavy atom. The molecular weight excluding hydrogens is 605 g/mol. The summed E-state index contributed by atoms with van der Waals surface area (Å²) in [6.45, 7) is 48.3. The highest BCUT2D eigenvalue weighted by molar-refractivity contribution is 6.78. The molecule has 3 N–H and O–H groups in total. The quantitative estimate of drug-likeness (QED) is 0.0780. The van der Waals surface area contributed by atoms with E-state index >= 15 is 0 Å². The molecule has 0 heterocycles. The maximum absolute atomic E-state index is 8.08. The van der Waals surface area contributed by atoms with Gasteiger partial charge in [0.05, 0.1) is 16.8 Å². The van der Waals surface area contributed by atoms with E-state index in [1.165, 1.54) is 0 Å². The molecule has 0 bridgehead atoms. The topological polar surface area (TPSA) is 65.7 Å². The summed E-state index contributed by atoms with van der Waals surface area (Å²) in [4.78, 5) is 0. The van der Waals surface area contributed by atoms with Crippen LogP contribution in [0.25, 0.3) is 0 Å². The first-order chi connectivity index (χ1) is 20.3. The zero-order chi connectivity index (χ0) is 35.8. The van der Waals surface area contributed by atoms with E-state index in [-0.39, 0.29) is 31.9 Å². The first kappa shape index (κ1) is 45.5. The number of rotatable bonds is 24. The molecule has 0 aliphatic rings. The molecular formula is C37H84N2O3Si3. The molecule has 0 radical (unpaired) electrons. The number of hydrogen-bond acceptors (Lipinski definition) is 5. The minimum absolute atomic E-state index is 0.0914. The van der Waals surface area contributed by atoms with Gasteiger partial charge in [-0.15, -0.1) is 0 Å². The van der Waals surface area contributed by atoms with Crippen LogP contribution in [-0.4, -0.2) is 61.4 Å². The van der Waals surface area contributed by atoms with Crippen molar-refractivity contribution in [2.24, 2.45) is 5.73 Å². The van der Waals surface area contributed by atoms with Crippen molar-refractivity contribution in [1.82, 2.24) is 5.32 Å². The summed E-state index contributed by atoms with van der Waals surface area (Å²) in [6, 6.07) is 1.09. The van der Waals surface area contributed by atoms with Crippen molar-refractivity contribution < 1.29 is 13.3 Å². The van der Waals surface area contributed by atoms with Gasteiger partial charge in [0.25, 0.3) is 0 Å². The van der Waals surface area contributed by atoms with Crippen molar-refractivity contribution in [1.29, 1.82) is 0 Å². The third-order valence-electron chi connectivity index (χ3n) is 14.0. The second-order valence-electron chi connectivity index (χ2n) is 17.5. The number of nitrogens with two attached hydrogens (primary N) is 1. The van der Waals surface area contributed by atoms with Crippen molar-refractivity contribution in [2.75, 3.05) is 19.6 Å². The average molecular weight is 689 g/mol. The Morgan fingerprint density at radius 3 is 1.51 bits per heavy atom. The Labute approximate surface area is 287 Å². The minimum atomic E-state index is -2.54. The largest absolute Gasteiger partial charge is 0.412 e. The van der Waals surface area contributed by atoms with E-state index in [0.717, 1.165) is 70.5 Å². The normalized spacial score (nSPS) is 19.5. The van der Waals surface area contributed by atoms with Gasteiger partial charge >= 0.3 is 0 Å². The van der Waals surface area contributed by atoms with Crippen LogP contribution in [0, 0.1) is 0 Å². The fourth-order valence-corrected chi connectivity index (χ4v) is 18.8. The Morgan fingerprint density at radius 2 is 1.11 bits per heavy atom. The van der Waals surface area contributed by atoms with Crippen molar-refractivity contribution in [2.45, 2.75) is 219 Å². The first-order valence-corrected chi connectivity index (χ1v) is 27.2. The van der Waals surface area contributed by atoms with Crippen molar-refractivity contribution in [3.63, 3.8) is 0 Å². The van der Waals surface area contributed by atoms with Crippen LogP contribution in [0.4, 0.5) is 0 Å². The first-order valence-electron chi connectivity index (χ1n) is 18.8. The van der Waals surface area contributed by atoms with Crippen LogP contribution in [0.2, 0.25) is 53.9 Å². The van der Waals surface area contributed by atoms with E-state index in [9.17, 15) is 0 Å². The smallest absolute Gasteiger partial charge is 0.199 e. The lowest BCUT2D eigenvalue weighted by Gasteiger charge is -2.62. The maximum Gasteiger partial charge on any atom is 0.199 e. The van der Waals surface area contributed by atoms with Gasteiger partial charge in [-0.2, -0.15) is 0 Å². The molecule has 0 aliphatic heterocycles. The second kappa shape index (κ2) is 16.9. The summed E-state index contributed by atoms with van der Waals surface area (Å²) < 4.78 is 23.0. The van der Waals surface area contributed by atoms with Crippen LogP contribution < -0.4 is 11.1 Å². The van der Waals surface area contributed by atoms with E-state index in [0.29, 0.717) is 6.54 Å². The van der Waals surface area contributed by atoms with Crippen LogP contribution in [0.3, 0.4) is 0 Å². The molecule has 0 rings (SSSR count). The third kappa shape index (κ3) is 9.79. The van der Waals surface area contributed by atoms with E-state index < -0.39 is 25.0 Å². The molecule has 4 unspecified atom stereocenters. The zero-order valence-corrected chi connectivity index (χ0v) is 37.3. The SMILES string of the molecule is CCCC(C)(C(C)(CC)O[Si](C)(C)C(C)(C)CC)[Si](C)(CCCNCCN)OC(C)(CC)C(C)(C)[Si](C)(C)OC(C)(CC)CC. The lowest BCUT2D eigenvalue weighted by molar-refractivity contribution is -0.0282. The fourth-order valence-electron chi connectivity index (χ4n) is 7.42. The highest BCUT2D eigenvalue weighted by Gasteiger charge is 2.64. The molecule has 4 atom stereocenters. The molecule has 0 fully saturated rings. The molecule has 45 heavy (non-hydrogen) atoms. The Balaban J connectivity index is 7.36. The number of nitrogens with one attached hydrogen (secondary N) is 1. The molecule has 0 saturated carbocycles. The monoisotopic (exact) mass is 689 g/mol. The van der Waals surface area contributed by atoms with Gasteiger partial charge in [0.1, 0.15) is 0 Å². The van der Waals surface area contributed by atoms with E-state index in [2.05, 4.69) is 135 Å². The molecule has 0 saturated heterocycles. The summed E-state index contributed by atoms with van der Waals surface area (Å²) in [7, 11) is -6.90. The highest BCUT2D eigenvalue weighted by Crippen LogP contribution is 2.62. The molecule has 272 valence electrons. The van der Waals surface area contributed by atoms with E-state index in [4.69, 9.17) is 19.0 Å². The van der Waals surface area contributed by atoms with Gasteiger partial charge in [0.15, 0.2) is 25.0 Å². The fraction of sp³-hybridized carbons (Fsp3) is 1.00. The van der Waals surface area contributed by atoms with Crippen LogP contribution in [-0.2, 0) is 13.3 Å². The Hall–Kier alpha value is 0.451. The molecule has 0 aromatic carbocycles. The predicted octanol–water partition coefficient (Wildman–Crippen LogP) is 11.4. The lowest BCUT2D eigenvalue weighted by atomic mass is 9.84. The second-order valence-corrected chi connectivity index (χ2v) is 30.8. The highest BCUT2D eigenvalue weighted by atomic mass is 28.4. The van der Waals surface area contributed by atoms with E-state index in [1.807, 2.05) is 0 Å². The molecule has 5 nitrogen and oxygen atoms in total. The van der Waals surface area contributed by atoms with Gasteiger partial charge in [0, 0.05) is 23.2 Å². The summed E-state index contributed by atoms with van der Waals surface area (Å²) in [6.07, 6.45) is 8.43. The molecule has 0 spiro atoms. The molecule has 0 amide bonds. The van der Waals surface area contributed by atoms with Gasteiger partial charge in [-0.1, -0.05) is 89.0 Å². The van der Waals surface area contributed by atoms with Gasteiger partial charge in [-0.05, 0) is 110 Å². The van der Waals surface area contributed by atoms with Crippen molar-refractivity contribution >= 4 is 25.0 Å². The maximum atomic E-state index is 8.08. The van der Waals surface area contributed by atoms with Gasteiger partial charge in [-0.25, -0.2) is 0 Å². The zero-order valence-electron chi connectivity index (χ0n) is 34.3. The van der Waals surface area contributed by atoms with Gasteiger partial charge in [0.2, 0.25) is 0 Å². The molecule has 0 aromatic rings. The summed E-state index contributed by atoms with van der Waals surface area (Å²) in [5.41, 5.74) is 5.11. The molecule has 0 aromatic heterocycles. The Kier molecular flexibility index (Phi) is 17.1. The van der Waals surface area contributed by atoms with Crippen LogP contribution in [0.15, 0.2) is 0 Å². The van der Waals surface area contributed by atoms with Crippen molar-refractivity contribution in [3.8, 4) is 0 Å². The summed E-state index contributed by atoms with van der Waals surface area (Å²) >= 11 is 0. The predicted molar refractivity (Wildman–Crippen MR) is 209 cm³/mol. The summed E-state index contributed by atoms with van der Waals surface area (Å²) in [5, 5.41) is 3.55. The van der Waals surface area contributed by atoms with Crippen LogP contribution in [0.5, 0.6) is 0 Å². The van der Waals surface area contributed by atoms with Crippen LogP contribution in [0.1, 0.15) is 148 Å².